The summed E-state index contributed by atoms with van der Waals surface area (Å²) in [7, 11) is 0. The summed E-state index contributed by atoms with van der Waals surface area (Å²) in [6.07, 6.45) is 1.82. The van der Waals surface area contributed by atoms with Gasteiger partial charge in [0.1, 0.15) is 10.6 Å². The highest BCUT2D eigenvalue weighted by Gasteiger charge is 2.64. The Morgan fingerprint density at radius 3 is 2.16 bits per heavy atom. The van der Waals surface area contributed by atoms with Crippen LogP contribution in [0.15, 0.2) is 96.4 Å². The van der Waals surface area contributed by atoms with Crippen molar-refractivity contribution in [1.29, 1.82) is 0 Å². The van der Waals surface area contributed by atoms with Crippen molar-refractivity contribution in [2.24, 2.45) is 23.7 Å². The minimum atomic E-state index is -0.703. The molecule has 9 heteroatoms. The van der Waals surface area contributed by atoms with Crippen LogP contribution in [0, 0.1) is 23.7 Å². The molecule has 5 atom stereocenters. The molecule has 4 aromatic rings. The molecule has 2 aliphatic carbocycles. The van der Waals surface area contributed by atoms with E-state index in [2.05, 4.69) is 12.1 Å². The van der Waals surface area contributed by atoms with Crippen LogP contribution in [0.1, 0.15) is 54.7 Å². The highest BCUT2D eigenvalue weighted by Crippen LogP contribution is 2.61. The fraction of sp³-hybridized carbons (Fsp3) is 0.229. The molecule has 7 rings (SSSR count). The normalized spacial score (nSPS) is 23.5. The van der Waals surface area contributed by atoms with Crippen LogP contribution in [0.3, 0.4) is 0 Å². The van der Waals surface area contributed by atoms with E-state index in [0.717, 1.165) is 12.8 Å². The monoisotopic (exact) mass is 605 g/mol. The van der Waals surface area contributed by atoms with Gasteiger partial charge in [-0.2, -0.15) is 0 Å². The first-order chi connectivity index (χ1) is 21.4. The van der Waals surface area contributed by atoms with Crippen LogP contribution in [-0.2, 0) is 14.3 Å². The maximum atomic E-state index is 13.6. The van der Waals surface area contributed by atoms with Gasteiger partial charge in [-0.05, 0) is 96.1 Å². The molecule has 3 aliphatic rings. The maximum Gasteiger partial charge on any atom is 0.353 e. The number of esters is 2. The number of ether oxygens (including phenoxy) is 2. The number of amides is 2. The van der Waals surface area contributed by atoms with Gasteiger partial charge < -0.3 is 9.47 Å². The maximum absolute atomic E-state index is 13.6. The van der Waals surface area contributed by atoms with Crippen molar-refractivity contribution in [3.05, 3.63) is 118 Å². The number of benzene rings is 3. The lowest BCUT2D eigenvalue weighted by Gasteiger charge is -2.28. The van der Waals surface area contributed by atoms with Crippen molar-refractivity contribution < 1.29 is 33.4 Å². The number of anilines is 1. The van der Waals surface area contributed by atoms with Crippen molar-refractivity contribution in [2.75, 3.05) is 11.5 Å². The van der Waals surface area contributed by atoms with Gasteiger partial charge in [-0.1, -0.05) is 36.4 Å². The number of fused-ring (bicyclic) bond motifs is 5. The number of carbonyl (C=O) groups excluding carboxylic acids is 5. The van der Waals surface area contributed by atoms with E-state index in [1.165, 1.54) is 58.2 Å². The van der Waals surface area contributed by atoms with Gasteiger partial charge in [0.05, 0.1) is 23.1 Å². The van der Waals surface area contributed by atoms with Gasteiger partial charge in [0.25, 0.3) is 0 Å². The Bertz CT molecular complexity index is 1750. The lowest BCUT2D eigenvalue weighted by molar-refractivity contribution is -0.123. The molecule has 1 saturated heterocycles. The summed E-state index contributed by atoms with van der Waals surface area (Å²) in [5.74, 6) is -1.61. The Labute approximate surface area is 257 Å². The molecule has 2 amide bonds. The molecule has 3 fully saturated rings. The van der Waals surface area contributed by atoms with E-state index >= 15 is 0 Å². The molecule has 2 bridgehead atoms. The van der Waals surface area contributed by atoms with Gasteiger partial charge >= 0.3 is 11.9 Å². The summed E-state index contributed by atoms with van der Waals surface area (Å²) in [5.41, 5.74) is 2.15. The van der Waals surface area contributed by atoms with Crippen LogP contribution in [0.4, 0.5) is 5.69 Å². The second-order valence-corrected chi connectivity index (χ2v) is 12.4. The predicted molar refractivity (Wildman–Crippen MR) is 162 cm³/mol. The first-order valence-electron chi connectivity index (χ1n) is 14.5. The molecule has 1 aliphatic heterocycles. The summed E-state index contributed by atoms with van der Waals surface area (Å²) in [4.78, 5) is 66.1. The van der Waals surface area contributed by atoms with E-state index in [1.54, 1.807) is 29.6 Å². The third kappa shape index (κ3) is 4.93. The standard InChI is InChI=1S/C35H27NO7S/c37-28(21-10-14-25(15-11-21)43-35(41)29-7-4-16-44-29)19-42-34(40)22-8-12-24(13-9-22)36-32(38)30-23-17-26(20-5-2-1-3-6-20)27(18-23)31(30)33(36)39/h1-16,23,26-27,30-31H,17-19H2/t23-,26-,27+,30+,31+/m0/s1. The van der Waals surface area contributed by atoms with Gasteiger partial charge in [-0.15, -0.1) is 11.3 Å². The van der Waals surface area contributed by atoms with Crippen molar-refractivity contribution in [3.8, 4) is 5.75 Å². The van der Waals surface area contributed by atoms with E-state index in [1.807, 2.05) is 18.2 Å². The lowest BCUT2D eigenvalue weighted by atomic mass is 9.73. The third-order valence-corrected chi connectivity index (χ3v) is 9.90. The van der Waals surface area contributed by atoms with E-state index in [4.69, 9.17) is 9.47 Å². The molecule has 2 heterocycles. The number of Topliss-reactive ketones (excluding diaryl/α,β-unsaturated/α-hetero) is 1. The Hall–Kier alpha value is -4.89. The second-order valence-electron chi connectivity index (χ2n) is 11.4. The fourth-order valence-corrected chi connectivity index (χ4v) is 7.70. The zero-order valence-electron chi connectivity index (χ0n) is 23.5. The SMILES string of the molecule is O=C(COC(=O)c1ccc(N2C(=O)[C@@H]3[C@@H]4C[C@@H]([C@H]3C2=O)[C@H](c2ccccc2)C4)cc1)c1ccc(OC(=O)c2cccs2)cc1. The highest BCUT2D eigenvalue weighted by molar-refractivity contribution is 7.12. The fourth-order valence-electron chi connectivity index (χ4n) is 7.10. The molecule has 3 aromatic carbocycles. The van der Waals surface area contributed by atoms with Crippen LogP contribution in [0.5, 0.6) is 5.75 Å². The van der Waals surface area contributed by atoms with Crippen LogP contribution in [-0.4, -0.2) is 36.1 Å². The predicted octanol–water partition coefficient (Wildman–Crippen LogP) is 5.94. The van der Waals surface area contributed by atoms with Crippen molar-refractivity contribution in [3.63, 3.8) is 0 Å². The Kier molecular flexibility index (Phi) is 7.18. The molecule has 220 valence electrons. The molecule has 2 saturated carbocycles. The van der Waals surface area contributed by atoms with E-state index in [9.17, 15) is 24.0 Å². The first-order valence-corrected chi connectivity index (χ1v) is 15.4. The van der Waals surface area contributed by atoms with Gasteiger partial charge in [-0.25, -0.2) is 9.59 Å². The van der Waals surface area contributed by atoms with Crippen molar-refractivity contribution >= 4 is 46.6 Å². The summed E-state index contributed by atoms with van der Waals surface area (Å²) >= 11 is 1.27. The molecule has 0 spiro atoms. The number of nitrogens with zero attached hydrogens (tertiary/aromatic N) is 1. The zero-order valence-corrected chi connectivity index (χ0v) is 24.3. The first kappa shape index (κ1) is 27.9. The van der Waals surface area contributed by atoms with Gasteiger partial charge in [0, 0.05) is 5.56 Å². The van der Waals surface area contributed by atoms with Crippen LogP contribution < -0.4 is 9.64 Å². The minimum absolute atomic E-state index is 0.151. The van der Waals surface area contributed by atoms with Gasteiger partial charge in [-0.3, -0.25) is 19.3 Å². The minimum Gasteiger partial charge on any atom is -0.454 e. The summed E-state index contributed by atoms with van der Waals surface area (Å²) < 4.78 is 10.5. The van der Waals surface area contributed by atoms with Crippen molar-refractivity contribution in [2.45, 2.75) is 18.8 Å². The largest absolute Gasteiger partial charge is 0.454 e. The molecular formula is C35H27NO7S. The average Bonchev–Trinajstić information content (AvgIpc) is 3.85. The molecular weight excluding hydrogens is 578 g/mol. The third-order valence-electron chi connectivity index (χ3n) is 9.05. The lowest BCUT2D eigenvalue weighted by Crippen LogP contribution is -2.33. The number of thiophene rings is 1. The average molecular weight is 606 g/mol. The summed E-state index contributed by atoms with van der Waals surface area (Å²) in [6, 6.07) is 25.8. The van der Waals surface area contributed by atoms with Crippen LogP contribution in [0.25, 0.3) is 0 Å². The topological polar surface area (TPSA) is 107 Å². The molecule has 8 nitrogen and oxygen atoms in total. The van der Waals surface area contributed by atoms with E-state index in [0.29, 0.717) is 21.9 Å². The molecule has 1 aromatic heterocycles. The smallest absolute Gasteiger partial charge is 0.353 e. The molecule has 0 unspecified atom stereocenters. The Morgan fingerprint density at radius 1 is 0.750 bits per heavy atom. The molecule has 0 radical (unpaired) electrons. The van der Waals surface area contributed by atoms with Crippen LogP contribution in [0.2, 0.25) is 0 Å². The highest BCUT2D eigenvalue weighted by atomic mass is 32.1. The van der Waals surface area contributed by atoms with E-state index < -0.39 is 24.3 Å². The van der Waals surface area contributed by atoms with E-state index in [-0.39, 0.29) is 47.0 Å². The number of imide groups is 1. The Morgan fingerprint density at radius 2 is 1.45 bits per heavy atom. The Balaban J connectivity index is 0.958. The zero-order chi connectivity index (χ0) is 30.4. The quantitative estimate of drug-likeness (QED) is 0.106. The van der Waals surface area contributed by atoms with Crippen LogP contribution >= 0.6 is 11.3 Å². The number of rotatable bonds is 8. The summed E-state index contributed by atoms with van der Waals surface area (Å²) in [5, 5.41) is 1.78. The van der Waals surface area contributed by atoms with Gasteiger partial charge in [0.2, 0.25) is 11.8 Å². The number of hydrogen-bond donors (Lipinski definition) is 0. The van der Waals surface area contributed by atoms with Gasteiger partial charge in [0.15, 0.2) is 12.4 Å². The molecule has 44 heavy (non-hydrogen) atoms. The number of carbonyl (C=O) groups is 5. The number of ketones is 1. The second kappa shape index (κ2) is 11.3. The molecule has 0 N–H and O–H groups in total. The van der Waals surface area contributed by atoms with Crippen molar-refractivity contribution in [1.82, 2.24) is 0 Å². The summed E-state index contributed by atoms with van der Waals surface area (Å²) in [6.45, 7) is -0.479. The number of hydrogen-bond acceptors (Lipinski definition) is 8.